The Balaban J connectivity index is 1.20. The maximum absolute atomic E-state index is 2.48. The third-order valence-electron chi connectivity index (χ3n) is 11.8. The van der Waals surface area contributed by atoms with Gasteiger partial charge < -0.3 is 14.0 Å². The third kappa shape index (κ3) is 4.73. The van der Waals surface area contributed by atoms with Gasteiger partial charge in [0.05, 0.1) is 22.1 Å². The molecule has 12 rings (SSSR count). The molecular formula is C54H35N3. The minimum atomic E-state index is 1.11. The molecule has 2 aromatic heterocycles. The van der Waals surface area contributed by atoms with Crippen LogP contribution in [0.25, 0.3) is 87.7 Å². The lowest BCUT2D eigenvalue weighted by Crippen LogP contribution is -2.09. The maximum atomic E-state index is 2.48. The Kier molecular flexibility index (Phi) is 6.93. The second-order valence-electron chi connectivity index (χ2n) is 14.9. The molecule has 10 aromatic carbocycles. The number of nitrogens with zero attached hydrogens (tertiary/aromatic N) is 3. The van der Waals surface area contributed by atoms with E-state index in [9.17, 15) is 0 Å². The number of hydrogen-bond donors (Lipinski definition) is 0. The summed E-state index contributed by atoms with van der Waals surface area (Å²) in [5.41, 5.74) is 12.9. The lowest BCUT2D eigenvalue weighted by atomic mass is 9.92. The van der Waals surface area contributed by atoms with Gasteiger partial charge in [-0.1, -0.05) is 121 Å². The van der Waals surface area contributed by atoms with Crippen molar-refractivity contribution in [3.63, 3.8) is 0 Å². The average molecular weight is 726 g/mol. The van der Waals surface area contributed by atoms with E-state index in [-0.39, 0.29) is 0 Å². The van der Waals surface area contributed by atoms with Crippen LogP contribution in [-0.2, 0) is 0 Å². The van der Waals surface area contributed by atoms with Crippen molar-refractivity contribution in [3.8, 4) is 22.5 Å². The first-order chi connectivity index (χ1) is 28.3. The predicted molar refractivity (Wildman–Crippen MR) is 241 cm³/mol. The standard InChI is InChI=1S/C54H35N3/c1-5-16-36(17-6-1)37-34-46-44-25-14-13-24-43(44)45-26-15-27-47-51(45)53-48(32-33-49-54(53)52(46)50(35-37)57(49)40-22-11-4-12-23-40)56(47)42-30-28-41(29-31-42)55(38-18-7-2-8-19-38)39-20-9-3-10-21-39/h1-35H. The van der Waals surface area contributed by atoms with Crippen LogP contribution in [0, 0.1) is 0 Å². The van der Waals surface area contributed by atoms with Gasteiger partial charge in [-0.05, 0) is 124 Å². The zero-order valence-corrected chi connectivity index (χ0v) is 31.0. The van der Waals surface area contributed by atoms with Crippen molar-refractivity contribution in [2.75, 3.05) is 4.90 Å². The minimum absolute atomic E-state index is 1.11. The highest BCUT2D eigenvalue weighted by Crippen LogP contribution is 2.49. The zero-order valence-electron chi connectivity index (χ0n) is 31.0. The largest absolute Gasteiger partial charge is 0.311 e. The molecule has 0 fully saturated rings. The summed E-state index contributed by atoms with van der Waals surface area (Å²) in [6.07, 6.45) is 0. The lowest BCUT2D eigenvalue weighted by Gasteiger charge is -2.25. The molecule has 0 aliphatic rings. The molecule has 0 aliphatic heterocycles. The summed E-state index contributed by atoms with van der Waals surface area (Å²) >= 11 is 0. The number of aromatic nitrogens is 2. The summed E-state index contributed by atoms with van der Waals surface area (Å²) in [6.45, 7) is 0. The SMILES string of the molecule is c1ccc(-c2cc3c4ccccc4c4cccc5c4c4c6c3c(c2)n(-c2ccccc2)c6ccc4n5-c2ccc(N(c3ccccc3)c3ccccc3)cc2)cc1. The van der Waals surface area contributed by atoms with Crippen LogP contribution in [0.15, 0.2) is 212 Å². The highest BCUT2D eigenvalue weighted by atomic mass is 15.1. The van der Waals surface area contributed by atoms with Gasteiger partial charge in [0.15, 0.2) is 0 Å². The first-order valence-corrected chi connectivity index (χ1v) is 19.6. The summed E-state index contributed by atoms with van der Waals surface area (Å²) in [5.74, 6) is 0. The first kappa shape index (κ1) is 31.7. The van der Waals surface area contributed by atoms with E-state index in [2.05, 4.69) is 226 Å². The van der Waals surface area contributed by atoms with Gasteiger partial charge in [0.2, 0.25) is 0 Å². The van der Waals surface area contributed by atoms with E-state index in [1.807, 2.05) is 0 Å². The fourth-order valence-corrected chi connectivity index (χ4v) is 9.45. The Morgan fingerprint density at radius 2 is 0.719 bits per heavy atom. The van der Waals surface area contributed by atoms with Crippen molar-refractivity contribution < 1.29 is 0 Å². The van der Waals surface area contributed by atoms with Crippen LogP contribution in [0.3, 0.4) is 0 Å². The molecule has 0 amide bonds. The molecule has 2 heterocycles. The molecule has 3 heteroatoms. The Bertz CT molecular complexity index is 3380. The van der Waals surface area contributed by atoms with Crippen molar-refractivity contribution in [1.29, 1.82) is 0 Å². The van der Waals surface area contributed by atoms with Crippen LogP contribution in [-0.4, -0.2) is 9.13 Å². The van der Waals surface area contributed by atoms with Crippen LogP contribution in [0.5, 0.6) is 0 Å². The molecule has 3 nitrogen and oxygen atoms in total. The number of benzene rings is 9. The minimum Gasteiger partial charge on any atom is -0.311 e. The smallest absolute Gasteiger partial charge is 0.0553 e. The maximum Gasteiger partial charge on any atom is 0.0553 e. The zero-order chi connectivity index (χ0) is 37.5. The average Bonchev–Trinajstić information content (AvgIpc) is 3.80. The van der Waals surface area contributed by atoms with Crippen molar-refractivity contribution in [1.82, 2.24) is 9.13 Å². The third-order valence-corrected chi connectivity index (χ3v) is 11.8. The number of para-hydroxylation sites is 3. The molecule has 0 bridgehead atoms. The fraction of sp³-hybridized carbons (Fsp3) is 0. The topological polar surface area (TPSA) is 13.1 Å². The molecule has 0 saturated heterocycles. The summed E-state index contributed by atoms with van der Waals surface area (Å²) in [6, 6.07) is 77.3. The quantitative estimate of drug-likeness (QED) is 0.166. The van der Waals surface area contributed by atoms with Gasteiger partial charge in [-0.2, -0.15) is 0 Å². The second kappa shape index (κ2) is 12.5. The van der Waals surface area contributed by atoms with Crippen LogP contribution >= 0.6 is 0 Å². The van der Waals surface area contributed by atoms with E-state index >= 15 is 0 Å². The monoisotopic (exact) mass is 725 g/mol. The molecule has 0 spiro atoms. The van der Waals surface area contributed by atoms with Crippen molar-refractivity contribution in [2.24, 2.45) is 0 Å². The van der Waals surface area contributed by atoms with E-state index in [1.54, 1.807) is 0 Å². The summed E-state index contributed by atoms with van der Waals surface area (Å²) < 4.78 is 4.96. The Hall–Kier alpha value is -7.62. The van der Waals surface area contributed by atoms with Gasteiger partial charge in [-0.25, -0.2) is 0 Å². The summed E-state index contributed by atoms with van der Waals surface area (Å²) in [5, 5.41) is 10.2. The highest BCUT2D eigenvalue weighted by molar-refractivity contribution is 6.39. The van der Waals surface area contributed by atoms with Crippen LogP contribution in [0.2, 0.25) is 0 Å². The molecule has 57 heavy (non-hydrogen) atoms. The Labute approximate surface area is 329 Å². The number of hydrogen-bond acceptors (Lipinski definition) is 1. The molecule has 0 N–H and O–H groups in total. The molecular weight excluding hydrogens is 691 g/mol. The molecule has 12 aromatic rings. The summed E-state index contributed by atoms with van der Waals surface area (Å²) in [4.78, 5) is 2.32. The lowest BCUT2D eigenvalue weighted by molar-refractivity contribution is 1.17. The number of fused-ring (bicyclic) bond motifs is 3. The second-order valence-corrected chi connectivity index (χ2v) is 14.9. The van der Waals surface area contributed by atoms with Crippen molar-refractivity contribution in [2.45, 2.75) is 0 Å². The van der Waals surface area contributed by atoms with Gasteiger partial charge >= 0.3 is 0 Å². The Morgan fingerprint density at radius 3 is 1.35 bits per heavy atom. The van der Waals surface area contributed by atoms with E-state index in [1.165, 1.54) is 76.3 Å². The molecule has 0 atom stereocenters. The van der Waals surface area contributed by atoms with Gasteiger partial charge in [-0.15, -0.1) is 0 Å². The number of anilines is 3. The van der Waals surface area contributed by atoms with E-state index in [0.717, 1.165) is 28.4 Å². The highest BCUT2D eigenvalue weighted by Gasteiger charge is 2.25. The van der Waals surface area contributed by atoms with Crippen LogP contribution in [0.4, 0.5) is 17.1 Å². The number of rotatable bonds is 6. The van der Waals surface area contributed by atoms with E-state index < -0.39 is 0 Å². The normalized spacial score (nSPS) is 11.9. The Morgan fingerprint density at radius 1 is 0.263 bits per heavy atom. The molecule has 0 aliphatic carbocycles. The molecule has 0 unspecified atom stereocenters. The van der Waals surface area contributed by atoms with Crippen molar-refractivity contribution >= 4 is 82.2 Å². The molecule has 266 valence electrons. The fourth-order valence-electron chi connectivity index (χ4n) is 9.45. The van der Waals surface area contributed by atoms with Gasteiger partial charge in [0.25, 0.3) is 0 Å². The van der Waals surface area contributed by atoms with Crippen molar-refractivity contribution in [3.05, 3.63) is 212 Å². The molecule has 0 saturated carbocycles. The summed E-state index contributed by atoms with van der Waals surface area (Å²) in [7, 11) is 0. The molecule has 0 radical (unpaired) electrons. The van der Waals surface area contributed by atoms with Crippen LogP contribution < -0.4 is 4.90 Å². The predicted octanol–water partition coefficient (Wildman–Crippen LogP) is 14.8. The van der Waals surface area contributed by atoms with E-state index in [0.29, 0.717) is 0 Å². The van der Waals surface area contributed by atoms with Crippen LogP contribution in [0.1, 0.15) is 0 Å². The van der Waals surface area contributed by atoms with Gasteiger partial charge in [0, 0.05) is 50.0 Å². The first-order valence-electron chi connectivity index (χ1n) is 19.6. The van der Waals surface area contributed by atoms with Gasteiger partial charge in [0.1, 0.15) is 0 Å². The van der Waals surface area contributed by atoms with E-state index in [4.69, 9.17) is 0 Å². The van der Waals surface area contributed by atoms with Gasteiger partial charge in [-0.3, -0.25) is 0 Å².